The molecule has 1 aliphatic heterocycles. The standard InChI is InChI=1S/C24H15BrCl2FNO3/c1-12-10-14(4-8-17(12)25)22(30)20-21(13-2-5-15(26)6-3-13)29(24(32)23(20)31)16-7-9-19(28)18(27)11-16/h2-11,21,30H,1H3/b22-20+. The summed E-state index contributed by atoms with van der Waals surface area (Å²) in [5.74, 6) is -2.68. The molecule has 0 radical (unpaired) electrons. The van der Waals surface area contributed by atoms with Crippen LogP contribution < -0.4 is 4.90 Å². The Bertz CT molecular complexity index is 1290. The maximum absolute atomic E-state index is 13.8. The lowest BCUT2D eigenvalue weighted by Gasteiger charge is -2.25. The quantitative estimate of drug-likeness (QED) is 0.227. The molecule has 4 nitrogen and oxygen atoms in total. The highest BCUT2D eigenvalue weighted by Gasteiger charge is 2.47. The average molecular weight is 535 g/mol. The van der Waals surface area contributed by atoms with Crippen LogP contribution >= 0.6 is 39.1 Å². The first kappa shape index (κ1) is 22.5. The van der Waals surface area contributed by atoms with Gasteiger partial charge in [-0.05, 0) is 60.5 Å². The lowest BCUT2D eigenvalue weighted by molar-refractivity contribution is -0.132. The molecule has 0 saturated carbocycles. The van der Waals surface area contributed by atoms with Gasteiger partial charge in [0.05, 0.1) is 16.6 Å². The molecule has 0 aliphatic carbocycles. The largest absolute Gasteiger partial charge is 0.507 e. The number of Topliss-reactive ketones (excluding diaryl/α,β-unsaturated/α-hetero) is 1. The van der Waals surface area contributed by atoms with Gasteiger partial charge in [0, 0.05) is 20.7 Å². The zero-order valence-corrected chi connectivity index (χ0v) is 19.7. The van der Waals surface area contributed by atoms with Crippen molar-refractivity contribution in [2.24, 2.45) is 0 Å². The number of carbonyl (C=O) groups is 2. The van der Waals surface area contributed by atoms with E-state index in [1.165, 1.54) is 17.0 Å². The van der Waals surface area contributed by atoms with Crippen molar-refractivity contribution < 1.29 is 19.1 Å². The molecule has 0 aromatic heterocycles. The highest BCUT2D eigenvalue weighted by Crippen LogP contribution is 2.43. The Morgan fingerprint density at radius 3 is 2.34 bits per heavy atom. The van der Waals surface area contributed by atoms with Crippen LogP contribution in [0, 0.1) is 12.7 Å². The number of ketones is 1. The van der Waals surface area contributed by atoms with E-state index in [9.17, 15) is 19.1 Å². The van der Waals surface area contributed by atoms with Gasteiger partial charge in [-0.15, -0.1) is 0 Å². The number of benzene rings is 3. The number of hydrogen-bond acceptors (Lipinski definition) is 3. The van der Waals surface area contributed by atoms with Crippen molar-refractivity contribution >= 4 is 62.3 Å². The molecular weight excluding hydrogens is 520 g/mol. The van der Waals surface area contributed by atoms with Crippen LogP contribution in [0.3, 0.4) is 0 Å². The molecule has 0 bridgehead atoms. The fourth-order valence-electron chi connectivity index (χ4n) is 3.64. The molecule has 162 valence electrons. The van der Waals surface area contributed by atoms with E-state index in [-0.39, 0.29) is 22.0 Å². The van der Waals surface area contributed by atoms with Crippen molar-refractivity contribution in [1.29, 1.82) is 0 Å². The van der Waals surface area contributed by atoms with Crippen LogP contribution in [0.4, 0.5) is 10.1 Å². The third kappa shape index (κ3) is 3.94. The molecule has 1 atom stereocenters. The van der Waals surface area contributed by atoms with Crippen LogP contribution in [0.15, 0.2) is 70.7 Å². The molecule has 1 saturated heterocycles. The summed E-state index contributed by atoms with van der Waals surface area (Å²) in [6.45, 7) is 1.84. The van der Waals surface area contributed by atoms with Crippen molar-refractivity contribution in [1.82, 2.24) is 0 Å². The van der Waals surface area contributed by atoms with Gasteiger partial charge in [-0.1, -0.05) is 57.3 Å². The smallest absolute Gasteiger partial charge is 0.300 e. The number of nitrogens with zero attached hydrogens (tertiary/aromatic N) is 1. The van der Waals surface area contributed by atoms with Crippen LogP contribution in [-0.2, 0) is 9.59 Å². The summed E-state index contributed by atoms with van der Waals surface area (Å²) >= 11 is 15.4. The molecule has 1 amide bonds. The van der Waals surface area contributed by atoms with Crippen molar-refractivity contribution in [3.63, 3.8) is 0 Å². The van der Waals surface area contributed by atoms with Gasteiger partial charge in [-0.2, -0.15) is 0 Å². The normalized spacial score (nSPS) is 17.8. The van der Waals surface area contributed by atoms with Crippen LogP contribution in [0.5, 0.6) is 0 Å². The number of anilines is 1. The van der Waals surface area contributed by atoms with E-state index in [1.807, 2.05) is 6.92 Å². The first-order valence-corrected chi connectivity index (χ1v) is 11.0. The van der Waals surface area contributed by atoms with Crippen LogP contribution in [0.2, 0.25) is 10.0 Å². The molecule has 32 heavy (non-hydrogen) atoms. The fraction of sp³-hybridized carbons (Fsp3) is 0.0833. The highest BCUT2D eigenvalue weighted by molar-refractivity contribution is 9.10. The minimum atomic E-state index is -0.960. The third-order valence-electron chi connectivity index (χ3n) is 5.24. The third-order valence-corrected chi connectivity index (χ3v) is 6.67. The number of carbonyl (C=O) groups excluding carboxylic acids is 2. The summed E-state index contributed by atoms with van der Waals surface area (Å²) in [7, 11) is 0. The Kier molecular flexibility index (Phi) is 6.12. The fourth-order valence-corrected chi connectivity index (χ4v) is 4.19. The highest BCUT2D eigenvalue weighted by atomic mass is 79.9. The minimum Gasteiger partial charge on any atom is -0.507 e. The van der Waals surface area contributed by atoms with E-state index in [0.717, 1.165) is 16.1 Å². The molecule has 1 unspecified atom stereocenters. The van der Waals surface area contributed by atoms with Gasteiger partial charge in [0.2, 0.25) is 0 Å². The van der Waals surface area contributed by atoms with Crippen molar-refractivity contribution in [3.8, 4) is 0 Å². The Labute approximate surface area is 202 Å². The van der Waals surface area contributed by atoms with Crippen molar-refractivity contribution in [2.45, 2.75) is 13.0 Å². The van der Waals surface area contributed by atoms with Crippen LogP contribution in [-0.4, -0.2) is 16.8 Å². The summed E-state index contributed by atoms with van der Waals surface area (Å²) in [4.78, 5) is 27.4. The van der Waals surface area contributed by atoms with E-state index >= 15 is 0 Å². The number of halogens is 4. The lowest BCUT2D eigenvalue weighted by atomic mass is 9.94. The van der Waals surface area contributed by atoms with Crippen molar-refractivity contribution in [2.75, 3.05) is 4.90 Å². The summed E-state index contributed by atoms with van der Waals surface area (Å²) in [6.07, 6.45) is 0. The van der Waals surface area contributed by atoms with E-state index in [0.29, 0.717) is 16.1 Å². The van der Waals surface area contributed by atoms with Crippen LogP contribution in [0.1, 0.15) is 22.7 Å². The second kappa shape index (κ2) is 8.70. The number of amides is 1. The Hall–Kier alpha value is -2.67. The molecule has 3 aromatic rings. The number of aliphatic hydroxyl groups is 1. The van der Waals surface area contributed by atoms with E-state index in [2.05, 4.69) is 15.9 Å². The number of aryl methyl sites for hydroxylation is 1. The van der Waals surface area contributed by atoms with Gasteiger partial charge in [-0.3, -0.25) is 14.5 Å². The summed E-state index contributed by atoms with van der Waals surface area (Å²) in [5, 5.41) is 11.4. The second-order valence-electron chi connectivity index (χ2n) is 7.28. The van der Waals surface area contributed by atoms with Gasteiger partial charge in [-0.25, -0.2) is 4.39 Å². The zero-order valence-electron chi connectivity index (χ0n) is 16.6. The maximum Gasteiger partial charge on any atom is 0.300 e. The molecule has 1 fully saturated rings. The van der Waals surface area contributed by atoms with Gasteiger partial charge >= 0.3 is 0 Å². The topological polar surface area (TPSA) is 57.6 Å². The first-order valence-electron chi connectivity index (χ1n) is 9.47. The molecular formula is C24H15BrCl2FNO3. The van der Waals surface area contributed by atoms with E-state index in [4.69, 9.17) is 23.2 Å². The summed E-state index contributed by atoms with van der Waals surface area (Å²) < 4.78 is 14.6. The molecule has 1 aliphatic rings. The predicted octanol–water partition coefficient (Wildman–Crippen LogP) is 6.83. The number of aliphatic hydroxyl groups excluding tert-OH is 1. The zero-order chi connectivity index (χ0) is 23.2. The monoisotopic (exact) mass is 533 g/mol. The molecule has 1 N–H and O–H groups in total. The Balaban J connectivity index is 1.96. The summed E-state index contributed by atoms with van der Waals surface area (Å²) in [5.41, 5.74) is 1.92. The number of rotatable bonds is 3. The molecule has 1 heterocycles. The molecule has 4 rings (SSSR count). The Morgan fingerprint density at radius 1 is 1.03 bits per heavy atom. The van der Waals surface area contributed by atoms with Crippen molar-refractivity contribution in [3.05, 3.63) is 103 Å². The summed E-state index contributed by atoms with van der Waals surface area (Å²) in [6, 6.07) is 14.5. The first-order chi connectivity index (χ1) is 15.2. The lowest BCUT2D eigenvalue weighted by Crippen LogP contribution is -2.29. The Morgan fingerprint density at radius 2 is 1.72 bits per heavy atom. The van der Waals surface area contributed by atoms with Gasteiger partial charge in [0.25, 0.3) is 11.7 Å². The molecule has 0 spiro atoms. The second-order valence-corrected chi connectivity index (χ2v) is 8.98. The van der Waals surface area contributed by atoms with Gasteiger partial charge < -0.3 is 5.11 Å². The maximum atomic E-state index is 13.8. The van der Waals surface area contributed by atoms with Gasteiger partial charge in [0.1, 0.15) is 11.6 Å². The van der Waals surface area contributed by atoms with Crippen LogP contribution in [0.25, 0.3) is 5.76 Å². The van der Waals surface area contributed by atoms with E-state index in [1.54, 1.807) is 42.5 Å². The molecule has 8 heteroatoms. The average Bonchev–Trinajstić information content (AvgIpc) is 3.03. The predicted molar refractivity (Wildman–Crippen MR) is 127 cm³/mol. The SMILES string of the molecule is Cc1cc(/C(O)=C2\C(=O)C(=O)N(c3ccc(F)c(Cl)c3)C2c2ccc(Cl)cc2)ccc1Br. The van der Waals surface area contributed by atoms with Gasteiger partial charge in [0.15, 0.2) is 0 Å². The van der Waals surface area contributed by atoms with E-state index < -0.39 is 23.5 Å². The minimum absolute atomic E-state index is 0.0838. The number of hydrogen-bond donors (Lipinski definition) is 1. The molecule has 3 aromatic carbocycles.